The van der Waals surface area contributed by atoms with Gasteiger partial charge in [-0.1, -0.05) is 81.4 Å². The summed E-state index contributed by atoms with van der Waals surface area (Å²) < 4.78 is 12.6. The fraction of sp³-hybridized carbons (Fsp3) is 0.548. The summed E-state index contributed by atoms with van der Waals surface area (Å²) in [5, 5.41) is 10.1. The van der Waals surface area contributed by atoms with Crippen LogP contribution in [0.3, 0.4) is 0 Å². The fourth-order valence-electron chi connectivity index (χ4n) is 3.98. The van der Waals surface area contributed by atoms with Crippen LogP contribution in [-0.2, 0) is 26.8 Å². The molecule has 0 unspecified atom stereocenters. The molecule has 7 heteroatoms. The van der Waals surface area contributed by atoms with Crippen molar-refractivity contribution in [3.63, 3.8) is 0 Å². The van der Waals surface area contributed by atoms with Crippen molar-refractivity contribution in [2.45, 2.75) is 90.6 Å². The van der Waals surface area contributed by atoms with Crippen LogP contribution < -0.4 is 0 Å². The number of hydrogen-bond donors (Lipinski definition) is 1. The van der Waals surface area contributed by atoms with E-state index in [0.29, 0.717) is 25.8 Å². The van der Waals surface area contributed by atoms with Crippen LogP contribution in [0.4, 0.5) is 4.79 Å². The Bertz CT molecular complexity index is 1010. The molecule has 210 valence electrons. The van der Waals surface area contributed by atoms with Crippen molar-refractivity contribution in [1.82, 2.24) is 4.90 Å². The second-order valence-corrected chi connectivity index (χ2v) is 17.4. The molecule has 0 saturated heterocycles. The summed E-state index contributed by atoms with van der Waals surface area (Å²) in [4.78, 5) is 27.4. The van der Waals surface area contributed by atoms with Crippen molar-refractivity contribution < 1.29 is 23.9 Å². The number of benzene rings is 2. The molecular formula is C31H47NO5Si. The zero-order chi connectivity index (χ0) is 28.6. The van der Waals surface area contributed by atoms with Crippen molar-refractivity contribution >= 4 is 20.4 Å². The topological polar surface area (TPSA) is 76.1 Å². The molecule has 6 nitrogen and oxygen atoms in total. The fourth-order valence-corrected chi connectivity index (χ4v) is 5.34. The maximum absolute atomic E-state index is 13.3. The maximum atomic E-state index is 13.3. The largest absolute Gasteiger partial charge is 0.481 e. The van der Waals surface area contributed by atoms with Gasteiger partial charge in [0.2, 0.25) is 0 Å². The van der Waals surface area contributed by atoms with Crippen LogP contribution in [-0.4, -0.2) is 55.2 Å². The van der Waals surface area contributed by atoms with Gasteiger partial charge in [0.15, 0.2) is 8.32 Å². The Labute approximate surface area is 230 Å². The van der Waals surface area contributed by atoms with Crippen molar-refractivity contribution in [3.8, 4) is 0 Å². The number of carbonyl (C=O) groups excluding carboxylic acids is 1. The minimum atomic E-state index is -2.27. The molecule has 1 N–H and O–H groups in total. The molecule has 0 aliphatic rings. The third kappa shape index (κ3) is 10.6. The van der Waals surface area contributed by atoms with E-state index in [1.54, 1.807) is 4.90 Å². The first-order chi connectivity index (χ1) is 17.6. The first kappa shape index (κ1) is 31.6. The minimum Gasteiger partial charge on any atom is -0.481 e. The van der Waals surface area contributed by atoms with E-state index in [0.717, 1.165) is 11.1 Å². The summed E-state index contributed by atoms with van der Waals surface area (Å²) in [5.41, 5.74) is 1.45. The van der Waals surface area contributed by atoms with E-state index in [1.807, 2.05) is 81.4 Å². The van der Waals surface area contributed by atoms with Crippen molar-refractivity contribution in [2.24, 2.45) is 5.92 Å². The van der Waals surface area contributed by atoms with Crippen LogP contribution in [0.15, 0.2) is 60.7 Å². The van der Waals surface area contributed by atoms with Gasteiger partial charge in [0, 0.05) is 13.1 Å². The molecule has 0 heterocycles. The van der Waals surface area contributed by atoms with Crippen molar-refractivity contribution in [3.05, 3.63) is 71.8 Å². The smallest absolute Gasteiger partial charge is 0.410 e. The summed E-state index contributed by atoms with van der Waals surface area (Å²) in [6, 6.07) is 19.7. The zero-order valence-corrected chi connectivity index (χ0v) is 25.5. The molecule has 0 aliphatic heterocycles. The molecule has 0 spiro atoms. The van der Waals surface area contributed by atoms with Crippen LogP contribution in [0.25, 0.3) is 0 Å². The van der Waals surface area contributed by atoms with E-state index in [9.17, 15) is 14.7 Å². The van der Waals surface area contributed by atoms with Crippen LogP contribution in [0.1, 0.15) is 59.1 Å². The summed E-state index contributed by atoms with van der Waals surface area (Å²) in [7, 11) is -2.27. The Morgan fingerprint density at radius 2 is 1.42 bits per heavy atom. The molecule has 2 rings (SSSR count). The van der Waals surface area contributed by atoms with Gasteiger partial charge in [0.1, 0.15) is 5.60 Å². The lowest BCUT2D eigenvalue weighted by Gasteiger charge is -2.41. The Balaban J connectivity index is 2.35. The SMILES string of the molecule is CC(C)(C)OC(=O)N(CCc1ccccc1)C[C@@H](C[C@H](Cc1ccccc1)C(=O)O)O[Si](C)(C)C(C)(C)C. The molecule has 2 aromatic carbocycles. The molecule has 0 saturated carbocycles. The second-order valence-electron chi connectivity index (χ2n) is 12.6. The molecule has 0 fully saturated rings. The highest BCUT2D eigenvalue weighted by atomic mass is 28.4. The van der Waals surface area contributed by atoms with Gasteiger partial charge in [0.25, 0.3) is 0 Å². The summed E-state index contributed by atoms with van der Waals surface area (Å²) >= 11 is 0. The van der Waals surface area contributed by atoms with E-state index in [-0.39, 0.29) is 11.6 Å². The lowest BCUT2D eigenvalue weighted by atomic mass is 9.93. The standard InChI is InChI=1S/C31H47NO5Si/c1-30(2,3)36-29(35)32(20-19-24-15-11-9-12-16-24)23-27(37-38(7,8)31(4,5)6)22-26(28(33)34)21-25-17-13-10-14-18-25/h9-18,26-27H,19-23H2,1-8H3,(H,33,34)/t26-,27+/m0/s1. The summed E-state index contributed by atoms with van der Waals surface area (Å²) in [5.74, 6) is -1.49. The Kier molecular flexibility index (Phi) is 11.2. The van der Waals surface area contributed by atoms with E-state index in [4.69, 9.17) is 9.16 Å². The van der Waals surface area contributed by atoms with Crippen molar-refractivity contribution in [1.29, 1.82) is 0 Å². The third-order valence-electron chi connectivity index (χ3n) is 7.08. The van der Waals surface area contributed by atoms with Crippen LogP contribution in [0.5, 0.6) is 0 Å². The van der Waals surface area contributed by atoms with Gasteiger partial charge >= 0.3 is 12.1 Å². The predicted octanol–water partition coefficient (Wildman–Crippen LogP) is 7.19. The van der Waals surface area contributed by atoms with Gasteiger partial charge in [-0.2, -0.15) is 0 Å². The van der Waals surface area contributed by atoms with Gasteiger partial charge in [-0.05, 0) is 69.3 Å². The van der Waals surface area contributed by atoms with Crippen molar-refractivity contribution in [2.75, 3.05) is 13.1 Å². The minimum absolute atomic E-state index is 0.0653. The molecule has 1 amide bonds. The first-order valence-electron chi connectivity index (χ1n) is 13.5. The highest BCUT2D eigenvalue weighted by Crippen LogP contribution is 2.38. The Morgan fingerprint density at radius 3 is 1.89 bits per heavy atom. The number of carboxylic acid groups (broad SMARTS) is 1. The highest BCUT2D eigenvalue weighted by molar-refractivity contribution is 6.74. The lowest BCUT2D eigenvalue weighted by Crippen LogP contribution is -2.50. The van der Waals surface area contributed by atoms with E-state index in [2.05, 4.69) is 33.9 Å². The molecule has 0 bridgehead atoms. The third-order valence-corrected chi connectivity index (χ3v) is 11.6. The summed E-state index contributed by atoms with van der Waals surface area (Å²) in [6.07, 6.45) is 0.529. The monoisotopic (exact) mass is 541 g/mol. The number of nitrogens with zero attached hydrogens (tertiary/aromatic N) is 1. The average molecular weight is 542 g/mol. The molecular weight excluding hydrogens is 494 g/mol. The quantitative estimate of drug-likeness (QED) is 0.288. The number of amides is 1. The van der Waals surface area contributed by atoms with Gasteiger partial charge in [-0.25, -0.2) is 4.79 Å². The number of ether oxygens (including phenoxy) is 1. The normalized spacial score (nSPS) is 14.0. The lowest BCUT2D eigenvalue weighted by molar-refractivity contribution is -0.142. The number of carbonyl (C=O) groups is 2. The van der Waals surface area contributed by atoms with E-state index in [1.165, 1.54) is 0 Å². The van der Waals surface area contributed by atoms with Gasteiger partial charge in [-0.15, -0.1) is 0 Å². The zero-order valence-electron chi connectivity index (χ0n) is 24.5. The molecule has 38 heavy (non-hydrogen) atoms. The van der Waals surface area contributed by atoms with E-state index < -0.39 is 38.0 Å². The molecule has 2 atom stereocenters. The first-order valence-corrected chi connectivity index (χ1v) is 16.4. The Morgan fingerprint density at radius 1 is 0.895 bits per heavy atom. The van der Waals surface area contributed by atoms with E-state index >= 15 is 0 Å². The second kappa shape index (κ2) is 13.4. The number of rotatable bonds is 12. The van der Waals surface area contributed by atoms with Crippen LogP contribution in [0, 0.1) is 5.92 Å². The maximum Gasteiger partial charge on any atom is 0.410 e. The number of aliphatic carboxylic acids is 1. The van der Waals surface area contributed by atoms with Crippen LogP contribution >= 0.6 is 0 Å². The Hall–Kier alpha value is -2.64. The predicted molar refractivity (Wildman–Crippen MR) is 156 cm³/mol. The molecule has 0 radical (unpaired) electrons. The highest BCUT2D eigenvalue weighted by Gasteiger charge is 2.41. The van der Waals surface area contributed by atoms with Gasteiger partial charge in [0.05, 0.1) is 12.0 Å². The molecule has 0 aliphatic carbocycles. The molecule has 2 aromatic rings. The number of carboxylic acids is 1. The van der Waals surface area contributed by atoms with Gasteiger partial charge in [-0.3, -0.25) is 4.79 Å². The van der Waals surface area contributed by atoms with Crippen LogP contribution in [0.2, 0.25) is 18.1 Å². The van der Waals surface area contributed by atoms with Gasteiger partial charge < -0.3 is 19.2 Å². The average Bonchev–Trinajstić information content (AvgIpc) is 2.80. The number of hydrogen-bond acceptors (Lipinski definition) is 4. The summed E-state index contributed by atoms with van der Waals surface area (Å²) in [6.45, 7) is 17.1. The molecule has 0 aromatic heterocycles.